The summed E-state index contributed by atoms with van der Waals surface area (Å²) in [5.74, 6) is 0.345. The van der Waals surface area contributed by atoms with Crippen molar-refractivity contribution in [2.24, 2.45) is 0 Å². The maximum atomic E-state index is 10.1. The summed E-state index contributed by atoms with van der Waals surface area (Å²) in [6, 6.07) is 14.3. The molecule has 1 aromatic heterocycles. The number of aromatic nitrogens is 1. The first kappa shape index (κ1) is 15.0. The molecule has 0 spiro atoms. The van der Waals surface area contributed by atoms with Crippen LogP contribution < -0.4 is 0 Å². The molecule has 0 radical (unpaired) electrons. The van der Waals surface area contributed by atoms with Gasteiger partial charge in [-0.25, -0.2) is 4.98 Å². The highest BCUT2D eigenvalue weighted by Gasteiger charge is 2.12. The van der Waals surface area contributed by atoms with E-state index in [2.05, 4.69) is 31.9 Å². The minimum atomic E-state index is 0.345. The molecule has 0 saturated carbocycles. The zero-order chi connectivity index (χ0) is 15.7. The van der Waals surface area contributed by atoms with E-state index in [-0.39, 0.29) is 0 Å². The van der Waals surface area contributed by atoms with E-state index in [4.69, 9.17) is 4.98 Å². The third-order valence-electron chi connectivity index (χ3n) is 3.92. The van der Waals surface area contributed by atoms with Crippen molar-refractivity contribution in [1.29, 1.82) is 0 Å². The molecular weight excluding hydrogens is 292 g/mol. The number of hydrogen-bond acceptors (Lipinski definition) is 4. The number of para-hydroxylation sites is 1. The Morgan fingerprint density at radius 1 is 1.18 bits per heavy atom. The summed E-state index contributed by atoms with van der Waals surface area (Å²) >= 11 is 1.68. The van der Waals surface area contributed by atoms with Crippen LogP contribution in [0.5, 0.6) is 5.75 Å². The van der Waals surface area contributed by atoms with Crippen molar-refractivity contribution in [2.75, 3.05) is 7.05 Å². The molecule has 4 heteroatoms. The number of fused-ring (bicyclic) bond motifs is 1. The molecule has 0 aliphatic heterocycles. The Balaban J connectivity index is 1.97. The van der Waals surface area contributed by atoms with E-state index < -0.39 is 0 Å². The molecule has 0 amide bonds. The molecule has 0 bridgehead atoms. The Bertz CT molecular complexity index is 762. The monoisotopic (exact) mass is 312 g/mol. The molecule has 0 fully saturated rings. The maximum absolute atomic E-state index is 10.1. The minimum Gasteiger partial charge on any atom is -0.508 e. The number of phenolic OH excluding ortho intramolecular Hbond substituents is 1. The Kier molecular flexibility index (Phi) is 4.14. The Hall–Kier alpha value is -1.91. The van der Waals surface area contributed by atoms with Gasteiger partial charge in [-0.3, -0.25) is 4.90 Å². The first-order valence-corrected chi connectivity index (χ1v) is 8.24. The van der Waals surface area contributed by atoms with Crippen LogP contribution in [0.4, 0.5) is 0 Å². The number of hydrogen-bond donors (Lipinski definition) is 1. The standard InChI is InChI=1S/C18H20N2OS/c1-12(2)20(3)11-14-10-13(8-9-16(14)21)18-19-15-6-4-5-7-17(15)22-18/h4-10,12,21H,11H2,1-3H3. The van der Waals surface area contributed by atoms with Gasteiger partial charge in [0.15, 0.2) is 0 Å². The highest BCUT2D eigenvalue weighted by atomic mass is 32.1. The molecule has 114 valence electrons. The van der Waals surface area contributed by atoms with Gasteiger partial charge in [0.2, 0.25) is 0 Å². The Morgan fingerprint density at radius 2 is 1.95 bits per heavy atom. The van der Waals surface area contributed by atoms with Crippen LogP contribution in [0, 0.1) is 0 Å². The van der Waals surface area contributed by atoms with E-state index >= 15 is 0 Å². The summed E-state index contributed by atoms with van der Waals surface area (Å²) in [5, 5.41) is 11.1. The van der Waals surface area contributed by atoms with Crippen molar-refractivity contribution in [2.45, 2.75) is 26.4 Å². The second-order valence-electron chi connectivity index (χ2n) is 5.84. The number of aromatic hydroxyl groups is 1. The zero-order valence-corrected chi connectivity index (χ0v) is 13.9. The fourth-order valence-electron chi connectivity index (χ4n) is 2.29. The highest BCUT2D eigenvalue weighted by Crippen LogP contribution is 2.32. The molecule has 1 N–H and O–H groups in total. The van der Waals surface area contributed by atoms with Gasteiger partial charge in [0.05, 0.1) is 10.2 Å². The van der Waals surface area contributed by atoms with Crippen molar-refractivity contribution in [3.05, 3.63) is 48.0 Å². The normalized spacial score (nSPS) is 11.7. The molecule has 3 aromatic rings. The summed E-state index contributed by atoms with van der Waals surface area (Å²) in [7, 11) is 2.06. The third kappa shape index (κ3) is 2.98. The predicted molar refractivity (Wildman–Crippen MR) is 93.3 cm³/mol. The predicted octanol–water partition coefficient (Wildman–Crippen LogP) is 4.51. The van der Waals surface area contributed by atoms with Crippen LogP contribution >= 0.6 is 11.3 Å². The van der Waals surface area contributed by atoms with Crippen LogP contribution in [0.3, 0.4) is 0 Å². The zero-order valence-electron chi connectivity index (χ0n) is 13.1. The average Bonchev–Trinajstić information content (AvgIpc) is 2.93. The van der Waals surface area contributed by atoms with E-state index in [1.165, 1.54) is 4.70 Å². The lowest BCUT2D eigenvalue weighted by Gasteiger charge is -2.21. The van der Waals surface area contributed by atoms with E-state index in [1.807, 2.05) is 30.3 Å². The Labute approximate surface area is 134 Å². The van der Waals surface area contributed by atoms with Gasteiger partial charge in [0, 0.05) is 23.7 Å². The fraction of sp³-hybridized carbons (Fsp3) is 0.278. The maximum Gasteiger partial charge on any atom is 0.124 e. The van der Waals surface area contributed by atoms with Gasteiger partial charge in [0.25, 0.3) is 0 Å². The lowest BCUT2D eigenvalue weighted by molar-refractivity contribution is 0.262. The summed E-state index contributed by atoms with van der Waals surface area (Å²) < 4.78 is 1.19. The molecule has 0 unspecified atom stereocenters. The topological polar surface area (TPSA) is 36.4 Å². The number of rotatable bonds is 4. The smallest absolute Gasteiger partial charge is 0.124 e. The summed E-state index contributed by atoms with van der Waals surface area (Å²) in [6.07, 6.45) is 0. The van der Waals surface area contributed by atoms with Gasteiger partial charge in [-0.1, -0.05) is 12.1 Å². The van der Waals surface area contributed by atoms with Crippen LogP contribution in [0.15, 0.2) is 42.5 Å². The summed E-state index contributed by atoms with van der Waals surface area (Å²) in [4.78, 5) is 6.90. The van der Waals surface area contributed by atoms with Crippen molar-refractivity contribution in [3.63, 3.8) is 0 Å². The number of nitrogens with zero attached hydrogens (tertiary/aromatic N) is 2. The van der Waals surface area contributed by atoms with Crippen molar-refractivity contribution < 1.29 is 5.11 Å². The largest absolute Gasteiger partial charge is 0.508 e. The summed E-state index contributed by atoms with van der Waals surface area (Å²) in [6.45, 7) is 5.02. The lowest BCUT2D eigenvalue weighted by atomic mass is 10.1. The van der Waals surface area contributed by atoms with Crippen molar-refractivity contribution in [3.8, 4) is 16.3 Å². The summed E-state index contributed by atoms with van der Waals surface area (Å²) in [5.41, 5.74) is 3.02. The van der Waals surface area contributed by atoms with Crippen LogP contribution in [-0.4, -0.2) is 28.1 Å². The molecule has 1 heterocycles. The van der Waals surface area contributed by atoms with E-state index in [9.17, 15) is 5.11 Å². The molecular formula is C18H20N2OS. The Morgan fingerprint density at radius 3 is 2.68 bits per heavy atom. The van der Waals surface area contributed by atoms with E-state index in [0.717, 1.165) is 28.2 Å². The lowest BCUT2D eigenvalue weighted by Crippen LogP contribution is -2.25. The molecule has 0 saturated heterocycles. The molecule has 0 aliphatic rings. The molecule has 3 rings (SSSR count). The van der Waals surface area contributed by atoms with Crippen LogP contribution in [0.2, 0.25) is 0 Å². The van der Waals surface area contributed by atoms with Crippen LogP contribution in [0.1, 0.15) is 19.4 Å². The van der Waals surface area contributed by atoms with Gasteiger partial charge in [-0.2, -0.15) is 0 Å². The van der Waals surface area contributed by atoms with E-state index in [0.29, 0.717) is 11.8 Å². The van der Waals surface area contributed by atoms with Gasteiger partial charge >= 0.3 is 0 Å². The second-order valence-corrected chi connectivity index (χ2v) is 6.87. The first-order valence-electron chi connectivity index (χ1n) is 7.42. The van der Waals surface area contributed by atoms with Crippen molar-refractivity contribution in [1.82, 2.24) is 9.88 Å². The molecule has 2 aromatic carbocycles. The quantitative estimate of drug-likeness (QED) is 0.770. The average molecular weight is 312 g/mol. The number of benzene rings is 2. The second kappa shape index (κ2) is 6.07. The molecule has 0 atom stereocenters. The van der Waals surface area contributed by atoms with Gasteiger partial charge in [0.1, 0.15) is 10.8 Å². The van der Waals surface area contributed by atoms with Crippen LogP contribution in [-0.2, 0) is 6.54 Å². The first-order chi connectivity index (χ1) is 10.5. The number of thiazole rings is 1. The van der Waals surface area contributed by atoms with E-state index in [1.54, 1.807) is 17.4 Å². The van der Waals surface area contributed by atoms with Gasteiger partial charge in [-0.05, 0) is 51.2 Å². The van der Waals surface area contributed by atoms with Crippen LogP contribution in [0.25, 0.3) is 20.8 Å². The molecule has 3 nitrogen and oxygen atoms in total. The molecule has 0 aliphatic carbocycles. The van der Waals surface area contributed by atoms with Gasteiger partial charge < -0.3 is 5.11 Å². The fourth-order valence-corrected chi connectivity index (χ4v) is 3.25. The molecule has 22 heavy (non-hydrogen) atoms. The minimum absolute atomic E-state index is 0.345. The third-order valence-corrected chi connectivity index (χ3v) is 5.01. The highest BCUT2D eigenvalue weighted by molar-refractivity contribution is 7.21. The SMILES string of the molecule is CC(C)N(C)Cc1cc(-c2nc3ccccc3s2)ccc1O. The van der Waals surface area contributed by atoms with Gasteiger partial charge in [-0.15, -0.1) is 11.3 Å². The van der Waals surface area contributed by atoms with Crippen molar-refractivity contribution >= 4 is 21.6 Å². The number of phenols is 1.